The number of benzene rings is 1. The molecule has 2 rings (SSSR count). The third kappa shape index (κ3) is 1.63. The van der Waals surface area contributed by atoms with Crippen molar-refractivity contribution in [1.29, 1.82) is 0 Å². The Kier molecular flexibility index (Phi) is 2.78. The molecular weight excluding hydrogens is 196 g/mol. The van der Waals surface area contributed by atoms with Crippen LogP contribution in [0.2, 0.25) is 0 Å². The smallest absolute Gasteiger partial charge is 0.169 e. The number of hydrogen-bond donors (Lipinski definition) is 0. The van der Waals surface area contributed by atoms with E-state index in [0.717, 1.165) is 6.42 Å². The lowest BCUT2D eigenvalue weighted by Crippen LogP contribution is -2.22. The first kappa shape index (κ1) is 10.9. The Bertz CT molecular complexity index is 514. The first-order valence-corrected chi connectivity index (χ1v) is 5.70. The monoisotopic (exact) mass is 212 g/mol. The van der Waals surface area contributed by atoms with Gasteiger partial charge in [0.05, 0.1) is 5.41 Å². The van der Waals surface area contributed by atoms with Gasteiger partial charge in [0.25, 0.3) is 0 Å². The molecule has 0 amide bonds. The second-order valence-corrected chi connectivity index (χ2v) is 4.18. The molecule has 0 atom stereocenters. The van der Waals surface area contributed by atoms with Crippen molar-refractivity contribution < 1.29 is 4.79 Å². The van der Waals surface area contributed by atoms with Crippen molar-refractivity contribution in [3.8, 4) is 0 Å². The molecule has 1 aromatic rings. The number of fused-ring (bicyclic) bond motifs is 1. The predicted molar refractivity (Wildman–Crippen MR) is 67.2 cm³/mol. The van der Waals surface area contributed by atoms with Crippen LogP contribution < -0.4 is 10.4 Å². The van der Waals surface area contributed by atoms with Crippen LogP contribution in [0.4, 0.5) is 0 Å². The van der Waals surface area contributed by atoms with Crippen LogP contribution in [0.5, 0.6) is 0 Å². The highest BCUT2D eigenvalue weighted by Gasteiger charge is 2.31. The Morgan fingerprint density at radius 2 is 1.81 bits per heavy atom. The average molecular weight is 212 g/mol. The summed E-state index contributed by atoms with van der Waals surface area (Å²) < 4.78 is 0. The third-order valence-corrected chi connectivity index (χ3v) is 3.18. The zero-order valence-corrected chi connectivity index (χ0v) is 9.73. The van der Waals surface area contributed by atoms with Gasteiger partial charge in [-0.25, -0.2) is 0 Å². The lowest BCUT2D eigenvalue weighted by molar-refractivity contribution is -0.118. The van der Waals surface area contributed by atoms with Gasteiger partial charge in [-0.1, -0.05) is 49.4 Å². The summed E-state index contributed by atoms with van der Waals surface area (Å²) in [7, 11) is 0. The predicted octanol–water partition coefficient (Wildman–Crippen LogP) is 1.80. The first-order chi connectivity index (χ1) is 7.72. The molecular formula is C15H16O. The largest absolute Gasteiger partial charge is 0.294 e. The van der Waals surface area contributed by atoms with E-state index in [9.17, 15) is 4.79 Å². The van der Waals surface area contributed by atoms with E-state index in [4.69, 9.17) is 0 Å². The van der Waals surface area contributed by atoms with E-state index in [2.05, 4.69) is 31.2 Å². The van der Waals surface area contributed by atoms with Crippen molar-refractivity contribution in [3.63, 3.8) is 0 Å². The molecule has 0 heterocycles. The summed E-state index contributed by atoms with van der Waals surface area (Å²) in [4.78, 5) is 12.1. The van der Waals surface area contributed by atoms with Crippen molar-refractivity contribution >= 4 is 17.9 Å². The van der Waals surface area contributed by atoms with E-state index in [1.54, 1.807) is 6.08 Å². The molecule has 1 aromatic carbocycles. The molecule has 0 fully saturated rings. The van der Waals surface area contributed by atoms with E-state index in [1.807, 2.05) is 25.1 Å². The molecule has 0 aromatic heterocycles. The van der Waals surface area contributed by atoms with Crippen LogP contribution >= 0.6 is 0 Å². The zero-order valence-electron chi connectivity index (χ0n) is 9.73. The molecule has 1 aliphatic rings. The van der Waals surface area contributed by atoms with Gasteiger partial charge in [-0.2, -0.15) is 0 Å². The van der Waals surface area contributed by atoms with Crippen molar-refractivity contribution in [2.45, 2.75) is 20.3 Å². The van der Waals surface area contributed by atoms with Crippen LogP contribution in [0.25, 0.3) is 12.2 Å². The van der Waals surface area contributed by atoms with Crippen molar-refractivity contribution in [1.82, 2.24) is 0 Å². The minimum absolute atomic E-state index is 0.175. The maximum Gasteiger partial charge on any atom is 0.169 e. The van der Waals surface area contributed by atoms with Crippen molar-refractivity contribution in [2.24, 2.45) is 5.41 Å². The second kappa shape index (κ2) is 4.09. The number of allylic oxidation sites excluding steroid dienone is 2. The van der Waals surface area contributed by atoms with Crippen LogP contribution in [0.1, 0.15) is 20.3 Å². The number of hydrogen-bond acceptors (Lipinski definition) is 1. The summed E-state index contributed by atoms with van der Waals surface area (Å²) in [6.45, 7) is 3.93. The van der Waals surface area contributed by atoms with Gasteiger partial charge in [-0.15, -0.1) is 0 Å². The Balaban J connectivity index is 2.57. The van der Waals surface area contributed by atoms with Gasteiger partial charge in [0, 0.05) is 0 Å². The molecule has 16 heavy (non-hydrogen) atoms. The van der Waals surface area contributed by atoms with Gasteiger partial charge in [0.15, 0.2) is 5.78 Å². The maximum atomic E-state index is 12.1. The SMILES string of the molecule is C/C=C/C(=O)C1(CC)C=c2ccccc2=C1. The van der Waals surface area contributed by atoms with Gasteiger partial charge in [-0.3, -0.25) is 4.79 Å². The van der Waals surface area contributed by atoms with Crippen LogP contribution in [0.15, 0.2) is 36.4 Å². The Labute approximate surface area is 95.8 Å². The summed E-state index contributed by atoms with van der Waals surface area (Å²) in [5.41, 5.74) is -0.420. The molecule has 0 aliphatic heterocycles. The van der Waals surface area contributed by atoms with Crippen LogP contribution in [0.3, 0.4) is 0 Å². The molecule has 1 aliphatic carbocycles. The lowest BCUT2D eigenvalue weighted by Gasteiger charge is -2.19. The van der Waals surface area contributed by atoms with E-state index >= 15 is 0 Å². The number of ketones is 1. The van der Waals surface area contributed by atoms with E-state index in [0.29, 0.717) is 0 Å². The standard InChI is InChI=1S/C15H16O/c1-3-7-14(16)15(4-2)10-12-8-5-6-9-13(12)11-15/h3,5-11H,4H2,1-2H3/b7-3+. The van der Waals surface area contributed by atoms with Gasteiger partial charge >= 0.3 is 0 Å². The average Bonchev–Trinajstić information content (AvgIpc) is 2.69. The Morgan fingerprint density at radius 3 is 2.25 bits per heavy atom. The van der Waals surface area contributed by atoms with Crippen LogP contribution in [0, 0.1) is 5.41 Å². The fourth-order valence-electron chi connectivity index (χ4n) is 2.20. The molecule has 82 valence electrons. The molecule has 1 heteroatoms. The van der Waals surface area contributed by atoms with Crippen LogP contribution in [-0.2, 0) is 4.79 Å². The highest BCUT2D eigenvalue weighted by Crippen LogP contribution is 2.29. The summed E-state index contributed by atoms with van der Waals surface area (Å²) in [6, 6.07) is 8.14. The highest BCUT2D eigenvalue weighted by molar-refractivity contribution is 6.05. The van der Waals surface area contributed by atoms with Gasteiger partial charge < -0.3 is 0 Å². The maximum absolute atomic E-state index is 12.1. The summed E-state index contributed by atoms with van der Waals surface area (Å²) in [5, 5.41) is 2.34. The third-order valence-electron chi connectivity index (χ3n) is 3.18. The number of carbonyl (C=O) groups excluding carboxylic acids is 1. The molecule has 0 spiro atoms. The molecule has 0 saturated carbocycles. The minimum Gasteiger partial charge on any atom is -0.294 e. The zero-order chi connectivity index (χ0) is 11.6. The quantitative estimate of drug-likeness (QED) is 0.698. The Morgan fingerprint density at radius 1 is 1.25 bits per heavy atom. The minimum atomic E-state index is -0.420. The molecule has 0 saturated heterocycles. The van der Waals surface area contributed by atoms with Gasteiger partial charge in [0.2, 0.25) is 0 Å². The molecule has 0 radical (unpaired) electrons. The normalized spacial score (nSPS) is 16.6. The molecule has 0 unspecified atom stereocenters. The van der Waals surface area contributed by atoms with Crippen molar-refractivity contribution in [2.75, 3.05) is 0 Å². The lowest BCUT2D eigenvalue weighted by atomic mass is 9.82. The first-order valence-electron chi connectivity index (χ1n) is 5.70. The number of carbonyl (C=O) groups is 1. The fraction of sp³-hybridized carbons (Fsp3) is 0.267. The van der Waals surface area contributed by atoms with Gasteiger partial charge in [-0.05, 0) is 29.9 Å². The van der Waals surface area contributed by atoms with E-state index < -0.39 is 5.41 Å². The van der Waals surface area contributed by atoms with Crippen molar-refractivity contribution in [3.05, 3.63) is 46.9 Å². The number of rotatable bonds is 3. The summed E-state index contributed by atoms with van der Waals surface area (Å²) in [6.07, 6.45) is 8.47. The summed E-state index contributed by atoms with van der Waals surface area (Å²) >= 11 is 0. The molecule has 0 bridgehead atoms. The van der Waals surface area contributed by atoms with E-state index in [-0.39, 0.29) is 5.78 Å². The fourth-order valence-corrected chi connectivity index (χ4v) is 2.20. The highest BCUT2D eigenvalue weighted by atomic mass is 16.1. The summed E-state index contributed by atoms with van der Waals surface area (Å²) in [5.74, 6) is 0.175. The van der Waals surface area contributed by atoms with Crippen LogP contribution in [-0.4, -0.2) is 5.78 Å². The molecule has 0 N–H and O–H groups in total. The molecule has 1 nitrogen and oxygen atoms in total. The second-order valence-electron chi connectivity index (χ2n) is 4.18. The Hall–Kier alpha value is -1.63. The van der Waals surface area contributed by atoms with Gasteiger partial charge in [0.1, 0.15) is 0 Å². The van der Waals surface area contributed by atoms with E-state index in [1.165, 1.54) is 10.4 Å². The topological polar surface area (TPSA) is 17.1 Å².